The molecule has 2 fully saturated rings. The van der Waals surface area contributed by atoms with Crippen LogP contribution in [-0.2, 0) is 86.4 Å². The normalized spacial score (nSPS) is 24.2. The molecular weight excluding hydrogens is 1380 g/mol. The summed E-state index contributed by atoms with van der Waals surface area (Å²) in [6.45, 7) is -0.473. The number of halogens is 1. The molecule has 0 saturated carbocycles. The van der Waals surface area contributed by atoms with Crippen LogP contribution in [0.5, 0.6) is 5.75 Å². The van der Waals surface area contributed by atoms with Gasteiger partial charge in [0.25, 0.3) is 0 Å². The Balaban J connectivity index is 1.66. The number of benzene rings is 3. The van der Waals surface area contributed by atoms with Crippen LogP contribution in [0.15, 0.2) is 78.9 Å². The number of rotatable bonds is 23. The van der Waals surface area contributed by atoms with Gasteiger partial charge in [0, 0.05) is 97.1 Å². The molecule has 104 heavy (non-hydrogen) atoms. The molecule has 2 aliphatic heterocycles. The van der Waals surface area contributed by atoms with E-state index in [9.17, 15) is 82.7 Å². The maximum absolute atomic E-state index is 15.4. The lowest BCUT2D eigenvalue weighted by atomic mass is 9.89. The van der Waals surface area contributed by atoms with Gasteiger partial charge >= 0.3 is 5.97 Å². The highest BCUT2D eigenvalue weighted by Crippen LogP contribution is 2.28. The maximum atomic E-state index is 15.4. The number of carbonyl (C=O) groups is 14. The smallest absolute Gasteiger partial charge is 0.326 e. The average molecular weight is 1470 g/mol. The molecule has 3 aromatic rings. The van der Waals surface area contributed by atoms with Crippen molar-refractivity contribution in [1.82, 2.24) is 46.2 Å². The summed E-state index contributed by atoms with van der Waals surface area (Å²) in [5.74, 6) is -22.8. The third-order valence-corrected chi connectivity index (χ3v) is 19.0. The summed E-state index contributed by atoms with van der Waals surface area (Å²) in [4.78, 5) is 205. The Kier molecular flexibility index (Phi) is 33.4. The van der Waals surface area contributed by atoms with Crippen molar-refractivity contribution in [3.63, 3.8) is 0 Å². The third kappa shape index (κ3) is 24.5. The number of likely N-dealkylation sites (N-methyl/N-ethyl adjacent to an activating group) is 3. The first-order valence-corrected chi connectivity index (χ1v) is 34.9. The summed E-state index contributed by atoms with van der Waals surface area (Å²) in [6, 6.07) is 4.98. The minimum atomic E-state index is -2.02. The van der Waals surface area contributed by atoms with E-state index >= 15 is 14.4 Å². The fourth-order valence-corrected chi connectivity index (χ4v) is 12.9. The molecule has 568 valence electrons. The SMILES string of the molecule is CC(C)[C@@H]1NC(=O)[C@H](Cc2ccccc2)N(C)C(=O)[C@H](Cc2ccccc2)N(C)C(=O)[C@H](CO)CC(=O)[C@H](CS)N(C)C(=O)C[C@@H](C(=O)N2CCCC2C(=O)N[C@@H](CCCCC(=N)N)C(=O)O)CC(=O)[C@H](CO)NC(=O)[C@H](Cc2ccc(O)c(F)c2)NC(=O)[C@H](CO)NC(=O)[C@H](CCC(N)=O)CC1=O. The van der Waals surface area contributed by atoms with Crippen molar-refractivity contribution in [1.29, 1.82) is 5.41 Å². The number of ketones is 3. The summed E-state index contributed by atoms with van der Waals surface area (Å²) in [5.41, 5.74) is 12.0. The zero-order chi connectivity index (χ0) is 77.2. The van der Waals surface area contributed by atoms with Gasteiger partial charge in [-0.25, -0.2) is 9.18 Å². The van der Waals surface area contributed by atoms with E-state index in [0.29, 0.717) is 17.5 Å². The van der Waals surface area contributed by atoms with E-state index in [-0.39, 0.29) is 62.9 Å². The second-order valence-corrected chi connectivity index (χ2v) is 27.0. The molecule has 2 aliphatic rings. The van der Waals surface area contributed by atoms with Crippen LogP contribution < -0.4 is 38.1 Å². The minimum absolute atomic E-state index is 0.0365. The number of aliphatic carboxylic acids is 1. The number of aliphatic hydroxyl groups excluding tert-OH is 3. The Bertz CT molecular complexity index is 3580. The van der Waals surface area contributed by atoms with Crippen LogP contribution in [-0.4, -0.2) is 241 Å². The van der Waals surface area contributed by atoms with E-state index < -0.39 is 243 Å². The molecule has 0 bridgehead atoms. The molecule has 0 aliphatic carbocycles. The van der Waals surface area contributed by atoms with Gasteiger partial charge in [-0.05, 0) is 66.8 Å². The van der Waals surface area contributed by atoms with Crippen molar-refractivity contribution < 1.29 is 97.0 Å². The zero-order valence-electron chi connectivity index (χ0n) is 58.9. The molecule has 1 unspecified atom stereocenters. The second-order valence-electron chi connectivity index (χ2n) is 26.6. The van der Waals surface area contributed by atoms with Gasteiger partial charge in [0.15, 0.2) is 28.9 Å². The van der Waals surface area contributed by atoms with E-state index in [1.165, 1.54) is 14.1 Å². The number of amides is 10. The number of amidine groups is 1. The molecule has 2 saturated heterocycles. The topological polar surface area (TPSA) is 489 Å². The minimum Gasteiger partial charge on any atom is -0.505 e. The number of likely N-dealkylation sites (tertiary alicyclic amines) is 1. The number of primary amides is 1. The number of nitrogens with one attached hydrogen (secondary N) is 6. The molecule has 3 aromatic carbocycles. The summed E-state index contributed by atoms with van der Waals surface area (Å²) in [5, 5.41) is 72.2. The van der Waals surface area contributed by atoms with Crippen molar-refractivity contribution >= 4 is 101 Å². The summed E-state index contributed by atoms with van der Waals surface area (Å²) >= 11 is 4.38. The van der Waals surface area contributed by atoms with Crippen LogP contribution in [0.4, 0.5) is 4.39 Å². The molecular formula is C71H97FN12O19S. The Labute approximate surface area is 607 Å². The Morgan fingerprint density at radius 1 is 0.635 bits per heavy atom. The molecule has 10 amide bonds. The highest BCUT2D eigenvalue weighted by molar-refractivity contribution is 7.80. The number of aliphatic hydroxyl groups is 3. The van der Waals surface area contributed by atoms with Gasteiger partial charge in [-0.3, -0.25) is 67.7 Å². The van der Waals surface area contributed by atoms with E-state index in [4.69, 9.17) is 16.9 Å². The summed E-state index contributed by atoms with van der Waals surface area (Å²) in [7, 11) is 3.71. The number of phenolic OH excluding ortho intramolecular Hbond substituents is 1. The van der Waals surface area contributed by atoms with E-state index in [1.54, 1.807) is 74.5 Å². The van der Waals surface area contributed by atoms with Crippen molar-refractivity contribution in [2.24, 2.45) is 35.1 Å². The van der Waals surface area contributed by atoms with Gasteiger partial charge in [0.2, 0.25) is 59.1 Å². The molecule has 5 rings (SSSR count). The lowest BCUT2D eigenvalue weighted by Crippen LogP contribution is -2.59. The monoisotopic (exact) mass is 1470 g/mol. The number of carbonyl (C=O) groups excluding carboxylic acids is 13. The van der Waals surface area contributed by atoms with Gasteiger partial charge in [-0.15, -0.1) is 0 Å². The lowest BCUT2D eigenvalue weighted by Gasteiger charge is -2.36. The van der Waals surface area contributed by atoms with Crippen molar-refractivity contribution in [3.8, 4) is 5.75 Å². The second kappa shape index (κ2) is 40.9. The molecule has 12 atom stereocenters. The fraction of sp³-hybridized carbons (Fsp3) is 0.535. The van der Waals surface area contributed by atoms with Crippen molar-refractivity contribution in [3.05, 3.63) is 101 Å². The van der Waals surface area contributed by atoms with Gasteiger partial charge in [0.05, 0.1) is 49.6 Å². The fourth-order valence-electron chi connectivity index (χ4n) is 12.5. The number of unbranched alkanes of at least 4 members (excludes halogenated alkanes) is 1. The van der Waals surface area contributed by atoms with Crippen LogP contribution in [0.2, 0.25) is 0 Å². The zero-order valence-corrected chi connectivity index (χ0v) is 59.8. The van der Waals surface area contributed by atoms with Crippen LogP contribution in [0.3, 0.4) is 0 Å². The molecule has 31 nitrogen and oxygen atoms in total. The van der Waals surface area contributed by atoms with E-state index in [0.717, 1.165) is 44.8 Å². The first kappa shape index (κ1) is 84.9. The molecule has 2 heterocycles. The Morgan fingerprint density at radius 2 is 1.21 bits per heavy atom. The maximum Gasteiger partial charge on any atom is 0.326 e. The lowest BCUT2D eigenvalue weighted by molar-refractivity contribution is -0.151. The Morgan fingerprint density at radius 3 is 1.77 bits per heavy atom. The number of hydrogen-bond acceptors (Lipinski definition) is 20. The quantitative estimate of drug-likeness (QED) is 0.0234. The number of Topliss-reactive ketones (excluding diaryl/α,β-unsaturated/α-hetero) is 3. The number of carboxylic acid groups (broad SMARTS) is 1. The van der Waals surface area contributed by atoms with Gasteiger partial charge < -0.3 is 83.2 Å². The highest BCUT2D eigenvalue weighted by Gasteiger charge is 2.44. The molecule has 0 spiro atoms. The summed E-state index contributed by atoms with van der Waals surface area (Å²) < 4.78 is 14.9. The number of thiol groups is 1. The third-order valence-electron chi connectivity index (χ3n) is 18.7. The largest absolute Gasteiger partial charge is 0.505 e. The van der Waals surface area contributed by atoms with Crippen LogP contribution in [0.1, 0.15) is 108 Å². The standard InChI is InChI=1S/C71H97FN12O19S/c1-39(2)62-58(91)31-43(23-25-60(75)92)63(94)79-50(37-87)65(96)77-48(28-42-22-24-55(88)46(72)27-42)64(95)78-49(36-86)56(89)32-44(69(100)84-26-14-20-51(84)66(97)76-47(71(102)103)19-12-13-21-59(73)74)34-61(93)81(3)54(38-104)57(90)33-45(35-85)68(99)83(5)53(30-41-17-10-7-11-18-41)70(101)82(4)52(67(98)80-62)29-40-15-8-6-9-16-40/h6-11,15-18,22,24,27,39,43-45,47-54,62,85-88,104H,12-14,19-21,23,25-26,28-38H2,1-5H3,(H3,73,74)(H2,75,92)(H,76,97)(H,77,96)(H,78,95)(H,79,94)(H,80,98)(H,102,103)/t43-,44+,45+,47+,48+,49+,50+,51?,52+,53+,54+,62+/m1/s1. The average Bonchev–Trinajstić information content (AvgIpc) is 0.853. The predicted molar refractivity (Wildman–Crippen MR) is 376 cm³/mol. The molecule has 0 aromatic heterocycles. The number of phenols is 1. The first-order chi connectivity index (χ1) is 49.2. The van der Waals surface area contributed by atoms with Gasteiger partial charge in [-0.2, -0.15) is 12.6 Å². The van der Waals surface area contributed by atoms with Crippen molar-refractivity contribution in [2.75, 3.05) is 53.3 Å². The summed E-state index contributed by atoms with van der Waals surface area (Å²) in [6.07, 6.45) is -4.81. The Hall–Kier alpha value is -9.73. The molecule has 0 radical (unpaired) electrons. The van der Waals surface area contributed by atoms with Crippen molar-refractivity contribution in [2.45, 2.75) is 165 Å². The van der Waals surface area contributed by atoms with Crippen LogP contribution >= 0.6 is 12.6 Å². The number of hydrogen-bond donors (Lipinski definition) is 14. The van der Waals surface area contributed by atoms with Gasteiger partial charge in [-0.1, -0.05) is 87.0 Å². The van der Waals surface area contributed by atoms with Crippen LogP contribution in [0, 0.1) is 34.9 Å². The number of aromatic hydroxyl groups is 1. The first-order valence-electron chi connectivity index (χ1n) is 34.3. The molecule has 33 heteroatoms. The molecule has 15 N–H and O–H groups in total. The van der Waals surface area contributed by atoms with E-state index in [2.05, 4.69) is 39.2 Å². The van der Waals surface area contributed by atoms with Crippen LogP contribution in [0.25, 0.3) is 0 Å². The number of carboxylic acids is 1. The number of nitrogens with zero attached hydrogens (tertiary/aromatic N) is 4. The van der Waals surface area contributed by atoms with Gasteiger partial charge in [0.1, 0.15) is 42.3 Å². The number of nitrogens with two attached hydrogens (primary N) is 2. The highest BCUT2D eigenvalue weighted by atomic mass is 32.1. The predicted octanol–water partition coefficient (Wildman–Crippen LogP) is -1.01. The van der Waals surface area contributed by atoms with E-state index in [1.807, 2.05) is 0 Å².